The number of nitrogens with two attached hydrogens (primary N) is 3. The van der Waals surface area contributed by atoms with Crippen LogP contribution in [-0.2, 0) is 9.59 Å². The Bertz CT molecular complexity index is 2490. The number of piperidine rings is 1. The number of allylic oxidation sites excluding steroid dienone is 2. The number of hydrogen-bond acceptors (Lipinski definition) is 13. The molecule has 8 atom stereocenters. The fourth-order valence-electron chi connectivity index (χ4n) is 10.8. The summed E-state index contributed by atoms with van der Waals surface area (Å²) in [6.07, 6.45) is 14.5. The van der Waals surface area contributed by atoms with Crippen LogP contribution in [-0.4, -0.2) is 107 Å². The second-order valence-corrected chi connectivity index (χ2v) is 19.3. The highest BCUT2D eigenvalue weighted by Crippen LogP contribution is 2.46. The number of nitrogens with zero attached hydrogens (tertiary/aromatic N) is 7. The summed E-state index contributed by atoms with van der Waals surface area (Å²) in [5, 5.41) is 9.22. The van der Waals surface area contributed by atoms with Gasteiger partial charge in [-0.2, -0.15) is 9.97 Å². The van der Waals surface area contributed by atoms with Crippen molar-refractivity contribution in [1.29, 1.82) is 0 Å². The van der Waals surface area contributed by atoms with E-state index >= 15 is 0 Å². The van der Waals surface area contributed by atoms with E-state index in [0.717, 1.165) is 74.3 Å². The molecule has 2 aromatic carbocycles. The van der Waals surface area contributed by atoms with Crippen LogP contribution >= 0.6 is 11.6 Å². The van der Waals surface area contributed by atoms with Gasteiger partial charge in [0.1, 0.15) is 0 Å². The molecule has 4 heterocycles. The molecule has 4 aliphatic carbocycles. The number of piperazine rings is 1. The van der Waals surface area contributed by atoms with Crippen LogP contribution in [0, 0.1) is 61.0 Å². The Morgan fingerprint density at radius 1 is 0.701 bits per heavy atom. The minimum absolute atomic E-state index is 0.0113. The Kier molecular flexibility index (Phi) is 14.6. The Labute approximate surface area is 396 Å². The van der Waals surface area contributed by atoms with Gasteiger partial charge in [0.25, 0.3) is 0 Å². The number of carbonyl (C=O) groups is 2. The van der Waals surface area contributed by atoms with Crippen molar-refractivity contribution in [3.63, 3.8) is 0 Å². The number of nitrogen functional groups attached to an aromatic ring is 1. The van der Waals surface area contributed by atoms with Crippen molar-refractivity contribution in [2.45, 2.75) is 57.5 Å². The van der Waals surface area contributed by atoms with Crippen molar-refractivity contribution in [3.8, 4) is 0 Å². The second-order valence-electron chi connectivity index (χ2n) is 18.9. The maximum absolute atomic E-state index is 14.5. The summed E-state index contributed by atoms with van der Waals surface area (Å²) in [5.41, 5.74) is 23.8. The number of primary amides is 2. The van der Waals surface area contributed by atoms with Crippen LogP contribution in [0.4, 0.5) is 43.4 Å². The lowest BCUT2D eigenvalue weighted by molar-refractivity contribution is -0.123. The molecule has 0 spiro atoms. The number of carbonyl (C=O) groups excluding carboxylic acids is 2. The third kappa shape index (κ3) is 10.9. The minimum atomic E-state index is -0.598. The van der Waals surface area contributed by atoms with Gasteiger partial charge in [-0.05, 0) is 155 Å². The third-order valence-corrected chi connectivity index (χ3v) is 14.6. The maximum atomic E-state index is 14.5. The maximum Gasteiger partial charge on any atom is 0.229 e. The number of fused-ring (bicyclic) bond motifs is 4. The summed E-state index contributed by atoms with van der Waals surface area (Å²) < 4.78 is 28.1. The number of rotatable bonds is 10. The largest absolute Gasteiger partial charge is 0.399 e. The number of halogens is 3. The predicted octanol–water partition coefficient (Wildman–Crippen LogP) is 6.25. The molecular formula is C49H62ClF2N13O2. The molecule has 0 radical (unpaired) electrons. The van der Waals surface area contributed by atoms with Crippen molar-refractivity contribution in [2.24, 2.45) is 47.0 Å². The lowest BCUT2D eigenvalue weighted by Gasteiger charge is -2.35. The molecule has 10 rings (SSSR count). The summed E-state index contributed by atoms with van der Waals surface area (Å²) >= 11 is 5.65. The number of hydrogen-bond donors (Lipinski definition) is 6. The quantitative estimate of drug-likeness (QED) is 0.0591. The van der Waals surface area contributed by atoms with Gasteiger partial charge >= 0.3 is 0 Å². The molecule has 4 bridgehead atoms. The van der Waals surface area contributed by atoms with E-state index in [-0.39, 0.29) is 76.3 Å². The molecule has 4 aromatic rings. The average molecular weight is 939 g/mol. The van der Waals surface area contributed by atoms with Crippen LogP contribution in [0.15, 0.2) is 73.1 Å². The molecule has 2 aliphatic heterocycles. The number of nitrogens with one attached hydrogen (secondary N) is 3. The van der Waals surface area contributed by atoms with Crippen LogP contribution in [0.25, 0.3) is 0 Å². The lowest BCUT2D eigenvalue weighted by Crippen LogP contribution is -2.44. The molecule has 2 saturated carbocycles. The van der Waals surface area contributed by atoms with E-state index in [4.69, 9.17) is 28.8 Å². The first-order valence-electron chi connectivity index (χ1n) is 23.2. The van der Waals surface area contributed by atoms with Crippen molar-refractivity contribution in [2.75, 3.05) is 79.9 Å². The number of benzene rings is 2. The van der Waals surface area contributed by atoms with E-state index in [0.29, 0.717) is 5.95 Å². The molecule has 356 valence electrons. The number of anilines is 6. The molecule has 6 aliphatic rings. The molecule has 9 N–H and O–H groups in total. The molecule has 15 nitrogen and oxygen atoms in total. The Balaban J connectivity index is 0.000000151. The standard InChI is InChI=1S/C24H30FN7O.C13H20N2.C12H12ClFN4O/c1-14-11-17(5-6-19(14)32-9-7-31(2)8-10-32)28-24-27-13-18(25)23(30-24)29-21-16-4-3-15(12-16)20(21)22(26)33;1-10-9-12(14)3-4-13(10)11-5-7-15(2)8-6-11;13-12-16-4-7(14)11(18-12)17-9-6-2-1-5(3-6)8(9)10(15)19/h3-6,11,13,15-16,20-21H,7-10,12H2,1-2H3,(H2,26,33)(H2,27,28,29,30);3-4,9,11H,5-8,14H2,1-2H3;1-2,4-6,8-9H,3H2,(H2,15,19)(H,16,17,18)/t15-,16+,20-,21+;;5-,6+,8-,9+/m1.1/s1. The van der Waals surface area contributed by atoms with E-state index in [1.807, 2.05) is 30.4 Å². The summed E-state index contributed by atoms with van der Waals surface area (Å²) in [5.74, 6) is -0.957. The predicted molar refractivity (Wildman–Crippen MR) is 260 cm³/mol. The number of amides is 2. The minimum Gasteiger partial charge on any atom is -0.399 e. The van der Waals surface area contributed by atoms with Gasteiger partial charge in [0.05, 0.1) is 24.2 Å². The Morgan fingerprint density at radius 2 is 1.25 bits per heavy atom. The van der Waals surface area contributed by atoms with E-state index in [1.165, 1.54) is 42.7 Å². The molecule has 2 aromatic heterocycles. The van der Waals surface area contributed by atoms with Gasteiger partial charge in [-0.1, -0.05) is 30.4 Å². The number of aryl methyl sites for hydroxylation is 2. The van der Waals surface area contributed by atoms with E-state index in [2.05, 4.69) is 109 Å². The monoisotopic (exact) mass is 937 g/mol. The highest BCUT2D eigenvalue weighted by Gasteiger charge is 2.49. The van der Waals surface area contributed by atoms with Crippen LogP contribution in [0.1, 0.15) is 48.3 Å². The lowest BCUT2D eigenvalue weighted by atomic mass is 9.87. The van der Waals surface area contributed by atoms with Crippen LogP contribution in [0.2, 0.25) is 5.28 Å². The number of likely N-dealkylation sites (N-methyl/N-ethyl adjacent to an activating group) is 1. The molecule has 0 unspecified atom stereocenters. The topological polar surface area (TPSA) is 210 Å². The first kappa shape index (κ1) is 47.6. The smallest absolute Gasteiger partial charge is 0.229 e. The van der Waals surface area contributed by atoms with Gasteiger partial charge in [0.2, 0.25) is 23.0 Å². The highest BCUT2D eigenvalue weighted by atomic mass is 35.5. The van der Waals surface area contributed by atoms with Gasteiger partial charge in [-0.3, -0.25) is 9.59 Å². The van der Waals surface area contributed by atoms with Crippen LogP contribution in [0.5, 0.6) is 0 Å². The molecule has 2 saturated heterocycles. The van der Waals surface area contributed by atoms with Gasteiger partial charge in [-0.15, -0.1) is 0 Å². The van der Waals surface area contributed by atoms with Crippen LogP contribution < -0.4 is 38.1 Å². The molecule has 67 heavy (non-hydrogen) atoms. The van der Waals surface area contributed by atoms with E-state index in [1.54, 1.807) is 0 Å². The normalized spacial score (nSPS) is 26.4. The third-order valence-electron chi connectivity index (χ3n) is 14.4. The van der Waals surface area contributed by atoms with E-state index < -0.39 is 11.6 Å². The SMILES string of the molecule is Cc1cc(N)ccc1C1CCN(C)CC1.Cc1cc(Nc2ncc(F)c(N[C@@H]3[C@H](C(N)=O)[C@@H]4C=C[C@H]3C4)n2)ccc1N1CCN(C)CC1.NC(=O)[C@H]1[C@@H](Nc2nc(Cl)ncc2F)[C@H]2C=C[C@@H]1C2. The molecular weight excluding hydrogens is 876 g/mol. The van der Waals surface area contributed by atoms with Crippen molar-refractivity contribution in [1.82, 2.24) is 29.7 Å². The number of aromatic nitrogens is 4. The van der Waals surface area contributed by atoms with E-state index in [9.17, 15) is 18.4 Å². The first-order valence-corrected chi connectivity index (χ1v) is 23.5. The zero-order valence-electron chi connectivity index (χ0n) is 38.5. The van der Waals surface area contributed by atoms with Crippen molar-refractivity contribution < 1.29 is 18.4 Å². The summed E-state index contributed by atoms with van der Waals surface area (Å²) in [6, 6.07) is 12.0. The Morgan fingerprint density at radius 3 is 1.82 bits per heavy atom. The number of likely N-dealkylation sites (tertiary alicyclic amines) is 1. The summed E-state index contributed by atoms with van der Waals surface area (Å²) in [7, 11) is 4.34. The Hall–Kier alpha value is -5.91. The zero-order chi connectivity index (χ0) is 47.5. The molecule has 4 fully saturated rings. The van der Waals surface area contributed by atoms with Crippen molar-refractivity contribution >= 4 is 58.1 Å². The summed E-state index contributed by atoms with van der Waals surface area (Å²) in [6.45, 7) is 10.8. The van der Waals surface area contributed by atoms with Gasteiger partial charge in [0.15, 0.2) is 23.3 Å². The fraction of sp³-hybridized carbons (Fsp3) is 0.469. The van der Waals surface area contributed by atoms with Crippen molar-refractivity contribution in [3.05, 3.63) is 107 Å². The molecule has 18 heteroatoms. The molecule has 2 amide bonds. The van der Waals surface area contributed by atoms with Gasteiger partial charge in [0, 0.05) is 55.3 Å². The summed E-state index contributed by atoms with van der Waals surface area (Å²) in [4.78, 5) is 46.5. The van der Waals surface area contributed by atoms with Gasteiger partial charge in [-0.25, -0.2) is 18.7 Å². The zero-order valence-corrected chi connectivity index (χ0v) is 39.3. The first-order chi connectivity index (χ1) is 32.1. The van der Waals surface area contributed by atoms with Gasteiger partial charge < -0.3 is 47.9 Å². The van der Waals surface area contributed by atoms with Crippen LogP contribution in [0.3, 0.4) is 0 Å². The fourth-order valence-corrected chi connectivity index (χ4v) is 11.0. The average Bonchev–Trinajstić information content (AvgIpc) is 4.11. The highest BCUT2D eigenvalue weighted by molar-refractivity contribution is 6.28. The second kappa shape index (κ2) is 20.5.